The average molecular weight is 299 g/mol. The van der Waals surface area contributed by atoms with Gasteiger partial charge in [0.2, 0.25) is 0 Å². The lowest BCUT2D eigenvalue weighted by Crippen LogP contribution is -2.26. The molecule has 0 aliphatic carbocycles. The van der Waals surface area contributed by atoms with Gasteiger partial charge in [0, 0.05) is 17.1 Å². The molecule has 1 aromatic heterocycles. The molecule has 0 atom stereocenters. The summed E-state index contributed by atoms with van der Waals surface area (Å²) in [5, 5.41) is 0.913. The van der Waals surface area contributed by atoms with E-state index in [1.165, 1.54) is 25.7 Å². The number of rotatable bonds is 8. The van der Waals surface area contributed by atoms with Crippen molar-refractivity contribution in [2.24, 2.45) is 5.41 Å². The van der Waals surface area contributed by atoms with Crippen molar-refractivity contribution < 1.29 is 0 Å². The topological polar surface area (TPSA) is 25.8 Å². The number of nitrogens with zero attached hydrogens (tertiary/aromatic N) is 2. The number of hydrogen-bond acceptors (Lipinski definition) is 4. The Kier molecular flexibility index (Phi) is 7.22. The third-order valence-electron chi connectivity index (χ3n) is 3.37. The first kappa shape index (κ1) is 16.8. The predicted octanol–water partition coefficient (Wildman–Crippen LogP) is 4.70. The monoisotopic (exact) mass is 298 g/mol. The molecule has 0 spiro atoms. The van der Waals surface area contributed by atoms with Crippen LogP contribution >= 0.6 is 24.4 Å². The van der Waals surface area contributed by atoms with E-state index in [0.717, 1.165) is 28.0 Å². The standard InChI is InChI=1S/C15H26N2S2/c1-5-7-15(10-18,8-6-2)11-19-14-16-12(3)9-13(4)17-14/h9,18H,5-8,10-11H2,1-4H3. The lowest BCUT2D eigenvalue weighted by Gasteiger charge is -2.31. The molecule has 1 rings (SSSR count). The Morgan fingerprint density at radius 3 is 2.05 bits per heavy atom. The van der Waals surface area contributed by atoms with Gasteiger partial charge in [0.25, 0.3) is 0 Å². The molecular formula is C15H26N2S2. The van der Waals surface area contributed by atoms with E-state index in [0.29, 0.717) is 5.41 Å². The molecule has 0 saturated heterocycles. The number of hydrogen-bond donors (Lipinski definition) is 1. The Morgan fingerprint density at radius 1 is 1.11 bits per heavy atom. The van der Waals surface area contributed by atoms with Crippen molar-refractivity contribution in [2.75, 3.05) is 11.5 Å². The molecule has 0 unspecified atom stereocenters. The molecule has 108 valence electrons. The molecule has 1 aromatic rings. The van der Waals surface area contributed by atoms with E-state index in [1.54, 1.807) is 11.8 Å². The zero-order chi connectivity index (χ0) is 14.3. The van der Waals surface area contributed by atoms with Crippen LogP contribution < -0.4 is 0 Å². The maximum atomic E-state index is 4.60. The molecule has 4 heteroatoms. The van der Waals surface area contributed by atoms with E-state index in [9.17, 15) is 0 Å². The Hall–Kier alpha value is -0.220. The van der Waals surface area contributed by atoms with E-state index in [2.05, 4.69) is 36.4 Å². The minimum Gasteiger partial charge on any atom is -0.228 e. The van der Waals surface area contributed by atoms with Crippen LogP contribution in [0.4, 0.5) is 0 Å². The predicted molar refractivity (Wildman–Crippen MR) is 88.3 cm³/mol. The van der Waals surface area contributed by atoms with Gasteiger partial charge in [0.15, 0.2) is 5.16 Å². The highest BCUT2D eigenvalue weighted by Gasteiger charge is 2.27. The van der Waals surface area contributed by atoms with Crippen LogP contribution in [0.15, 0.2) is 11.2 Å². The summed E-state index contributed by atoms with van der Waals surface area (Å²) in [6, 6.07) is 2.02. The Morgan fingerprint density at radius 2 is 1.63 bits per heavy atom. The smallest absolute Gasteiger partial charge is 0.187 e. The van der Waals surface area contributed by atoms with Gasteiger partial charge in [-0.1, -0.05) is 38.5 Å². The van der Waals surface area contributed by atoms with E-state index >= 15 is 0 Å². The van der Waals surface area contributed by atoms with Crippen LogP contribution in [0.1, 0.15) is 50.9 Å². The fourth-order valence-electron chi connectivity index (χ4n) is 2.51. The summed E-state index contributed by atoms with van der Waals surface area (Å²) >= 11 is 6.39. The molecule has 1 heterocycles. The zero-order valence-electron chi connectivity index (χ0n) is 12.6. The molecular weight excluding hydrogens is 272 g/mol. The van der Waals surface area contributed by atoms with Crippen LogP contribution in [0, 0.1) is 19.3 Å². The second-order valence-electron chi connectivity index (χ2n) is 5.38. The van der Waals surface area contributed by atoms with Crippen molar-refractivity contribution in [3.63, 3.8) is 0 Å². The fourth-order valence-corrected chi connectivity index (χ4v) is 4.33. The van der Waals surface area contributed by atoms with E-state index in [1.807, 2.05) is 19.9 Å². The highest BCUT2D eigenvalue weighted by molar-refractivity contribution is 7.99. The van der Waals surface area contributed by atoms with Crippen LogP contribution in [0.5, 0.6) is 0 Å². The summed E-state index contributed by atoms with van der Waals surface area (Å²) in [5.74, 6) is 2.02. The number of aryl methyl sites for hydroxylation is 2. The number of thiol groups is 1. The molecule has 0 fully saturated rings. The molecule has 0 bridgehead atoms. The van der Waals surface area contributed by atoms with Crippen LogP contribution in [-0.4, -0.2) is 21.5 Å². The maximum Gasteiger partial charge on any atom is 0.187 e. The average Bonchev–Trinajstić information content (AvgIpc) is 2.35. The van der Waals surface area contributed by atoms with Crippen molar-refractivity contribution >= 4 is 24.4 Å². The van der Waals surface area contributed by atoms with Crippen molar-refractivity contribution in [1.82, 2.24) is 9.97 Å². The highest BCUT2D eigenvalue weighted by atomic mass is 32.2. The van der Waals surface area contributed by atoms with Gasteiger partial charge < -0.3 is 0 Å². The highest BCUT2D eigenvalue weighted by Crippen LogP contribution is 2.36. The van der Waals surface area contributed by atoms with Gasteiger partial charge >= 0.3 is 0 Å². The van der Waals surface area contributed by atoms with Crippen LogP contribution in [0.2, 0.25) is 0 Å². The first-order chi connectivity index (χ1) is 9.05. The first-order valence-electron chi connectivity index (χ1n) is 7.11. The molecule has 0 radical (unpaired) electrons. The molecule has 0 aliphatic heterocycles. The first-order valence-corrected chi connectivity index (χ1v) is 8.73. The van der Waals surface area contributed by atoms with Gasteiger partial charge in [0.1, 0.15) is 0 Å². The molecule has 0 amide bonds. The lowest BCUT2D eigenvalue weighted by molar-refractivity contribution is 0.318. The van der Waals surface area contributed by atoms with Gasteiger partial charge in [-0.3, -0.25) is 0 Å². The van der Waals surface area contributed by atoms with Crippen molar-refractivity contribution in [3.05, 3.63) is 17.5 Å². The summed E-state index contributed by atoms with van der Waals surface area (Å²) in [4.78, 5) is 9.04. The Bertz CT molecular complexity index is 367. The quantitative estimate of drug-likeness (QED) is 0.428. The Balaban J connectivity index is 2.74. The second-order valence-corrected chi connectivity index (χ2v) is 6.64. The van der Waals surface area contributed by atoms with Gasteiger partial charge in [-0.25, -0.2) is 9.97 Å². The minimum atomic E-state index is 0.332. The van der Waals surface area contributed by atoms with E-state index in [-0.39, 0.29) is 0 Å². The SMILES string of the molecule is CCCC(CS)(CCC)CSc1nc(C)cc(C)n1. The molecule has 0 saturated carbocycles. The fraction of sp³-hybridized carbons (Fsp3) is 0.733. The Labute approximate surface area is 127 Å². The van der Waals surface area contributed by atoms with Crippen molar-refractivity contribution in [2.45, 2.75) is 58.5 Å². The summed E-state index contributed by atoms with van der Waals surface area (Å²) in [6.07, 6.45) is 4.91. The zero-order valence-corrected chi connectivity index (χ0v) is 14.3. The van der Waals surface area contributed by atoms with E-state index < -0.39 is 0 Å². The van der Waals surface area contributed by atoms with Gasteiger partial charge in [0.05, 0.1) is 0 Å². The summed E-state index contributed by atoms with van der Waals surface area (Å²) in [6.45, 7) is 8.57. The van der Waals surface area contributed by atoms with Crippen LogP contribution in [-0.2, 0) is 0 Å². The number of aromatic nitrogens is 2. The summed E-state index contributed by atoms with van der Waals surface area (Å²) < 4.78 is 0. The van der Waals surface area contributed by atoms with Crippen LogP contribution in [0.25, 0.3) is 0 Å². The van der Waals surface area contributed by atoms with Crippen molar-refractivity contribution in [1.29, 1.82) is 0 Å². The molecule has 2 nitrogen and oxygen atoms in total. The molecule has 19 heavy (non-hydrogen) atoms. The summed E-state index contributed by atoms with van der Waals surface area (Å²) in [7, 11) is 0. The maximum absolute atomic E-state index is 4.60. The lowest BCUT2D eigenvalue weighted by atomic mass is 9.83. The minimum absolute atomic E-state index is 0.332. The third-order valence-corrected chi connectivity index (χ3v) is 5.23. The second kappa shape index (κ2) is 8.15. The normalized spacial score (nSPS) is 11.8. The number of thioether (sulfide) groups is 1. The van der Waals surface area contributed by atoms with Gasteiger partial charge in [-0.15, -0.1) is 0 Å². The van der Waals surface area contributed by atoms with Crippen LogP contribution in [0.3, 0.4) is 0 Å². The van der Waals surface area contributed by atoms with Gasteiger partial charge in [-0.05, 0) is 43.9 Å². The largest absolute Gasteiger partial charge is 0.228 e. The van der Waals surface area contributed by atoms with E-state index in [4.69, 9.17) is 0 Å². The molecule has 0 aliphatic rings. The molecule has 0 aromatic carbocycles. The summed E-state index contributed by atoms with van der Waals surface area (Å²) in [5.41, 5.74) is 2.44. The van der Waals surface area contributed by atoms with Crippen molar-refractivity contribution in [3.8, 4) is 0 Å². The third kappa shape index (κ3) is 5.35. The molecule has 0 N–H and O–H groups in total. The van der Waals surface area contributed by atoms with Gasteiger partial charge in [-0.2, -0.15) is 12.6 Å².